The summed E-state index contributed by atoms with van der Waals surface area (Å²) in [6.45, 7) is 5.51. The molecule has 0 saturated heterocycles. The van der Waals surface area contributed by atoms with Gasteiger partial charge in [-0.3, -0.25) is 9.59 Å². The van der Waals surface area contributed by atoms with Crippen molar-refractivity contribution in [2.45, 2.75) is 39.7 Å². The van der Waals surface area contributed by atoms with Crippen molar-refractivity contribution in [3.05, 3.63) is 29.3 Å². The van der Waals surface area contributed by atoms with Crippen LogP contribution in [0.25, 0.3) is 0 Å². The quantitative estimate of drug-likeness (QED) is 0.728. The Kier molecular flexibility index (Phi) is 7.06. The van der Waals surface area contributed by atoms with Gasteiger partial charge in [-0.2, -0.15) is 10.1 Å². The number of hydrogen-bond acceptors (Lipinski definition) is 6. The van der Waals surface area contributed by atoms with Crippen LogP contribution in [0.4, 0.5) is 5.69 Å². The number of amides is 2. The number of esters is 1. The summed E-state index contributed by atoms with van der Waals surface area (Å²) >= 11 is 0. The third-order valence-corrected chi connectivity index (χ3v) is 4.02. The first-order valence-electron chi connectivity index (χ1n) is 8.75. The Balaban J connectivity index is 2.04. The fraction of sp³-hybridized carbons (Fsp3) is 0.474. The number of nitrogens with zero attached hydrogens (tertiary/aromatic N) is 2. The van der Waals surface area contributed by atoms with Crippen LogP contribution in [-0.4, -0.2) is 49.9 Å². The van der Waals surface area contributed by atoms with Crippen LogP contribution in [-0.2, 0) is 23.9 Å². The Bertz CT molecular complexity index is 760. The molecule has 1 heterocycles. The SMILES string of the molecule is COC[C@@H](C)NC(=O)COC(=O)C1=NN(c2cc(C)ccc2C)C(=O)CC1. The van der Waals surface area contributed by atoms with Gasteiger partial charge in [0.15, 0.2) is 6.61 Å². The van der Waals surface area contributed by atoms with Crippen LogP contribution < -0.4 is 10.3 Å². The van der Waals surface area contributed by atoms with Gasteiger partial charge < -0.3 is 14.8 Å². The van der Waals surface area contributed by atoms with Crippen molar-refractivity contribution < 1.29 is 23.9 Å². The van der Waals surface area contributed by atoms with E-state index in [1.165, 1.54) is 12.1 Å². The molecule has 1 atom stereocenters. The molecule has 0 aliphatic carbocycles. The Morgan fingerprint density at radius 3 is 2.74 bits per heavy atom. The molecule has 146 valence electrons. The first kappa shape index (κ1) is 20.6. The predicted octanol–water partition coefficient (Wildman–Crippen LogP) is 1.48. The number of carbonyl (C=O) groups is 3. The number of carbonyl (C=O) groups excluding carboxylic acids is 3. The lowest BCUT2D eigenvalue weighted by atomic mass is 10.1. The fourth-order valence-electron chi connectivity index (χ4n) is 2.66. The lowest BCUT2D eigenvalue weighted by Gasteiger charge is -2.24. The summed E-state index contributed by atoms with van der Waals surface area (Å²) in [6, 6.07) is 5.49. The molecule has 1 N–H and O–H groups in total. The van der Waals surface area contributed by atoms with E-state index in [-0.39, 0.29) is 30.5 Å². The smallest absolute Gasteiger partial charge is 0.355 e. The number of aryl methyl sites for hydroxylation is 2. The lowest BCUT2D eigenvalue weighted by molar-refractivity contribution is -0.142. The number of ether oxygens (including phenoxy) is 2. The Morgan fingerprint density at radius 1 is 1.30 bits per heavy atom. The van der Waals surface area contributed by atoms with Gasteiger partial charge in [0.2, 0.25) is 5.91 Å². The molecule has 1 aliphatic rings. The highest BCUT2D eigenvalue weighted by Crippen LogP contribution is 2.25. The van der Waals surface area contributed by atoms with Gasteiger partial charge in [-0.05, 0) is 38.0 Å². The molecule has 0 saturated carbocycles. The maximum atomic E-state index is 12.3. The van der Waals surface area contributed by atoms with Gasteiger partial charge >= 0.3 is 5.97 Å². The average Bonchev–Trinajstić information content (AvgIpc) is 2.62. The summed E-state index contributed by atoms with van der Waals surface area (Å²) in [5, 5.41) is 8.07. The first-order chi connectivity index (χ1) is 12.8. The van der Waals surface area contributed by atoms with Crippen LogP contribution in [0.3, 0.4) is 0 Å². The minimum atomic E-state index is -0.702. The molecule has 0 bridgehead atoms. The number of hydrogen-bond donors (Lipinski definition) is 1. The first-order valence-corrected chi connectivity index (χ1v) is 8.75. The molecule has 27 heavy (non-hydrogen) atoms. The van der Waals surface area contributed by atoms with Crippen LogP contribution in [0.5, 0.6) is 0 Å². The number of nitrogens with one attached hydrogen (secondary N) is 1. The molecule has 1 aromatic carbocycles. The van der Waals surface area contributed by atoms with Crippen LogP contribution in [0.15, 0.2) is 23.3 Å². The zero-order chi connectivity index (χ0) is 20.0. The van der Waals surface area contributed by atoms with E-state index in [4.69, 9.17) is 9.47 Å². The van der Waals surface area contributed by atoms with Gasteiger partial charge in [-0.25, -0.2) is 4.79 Å². The average molecular weight is 375 g/mol. The molecule has 8 nitrogen and oxygen atoms in total. The van der Waals surface area contributed by atoms with Crippen molar-refractivity contribution in [1.82, 2.24) is 5.32 Å². The van der Waals surface area contributed by atoms with E-state index >= 15 is 0 Å². The fourth-order valence-corrected chi connectivity index (χ4v) is 2.66. The largest absolute Gasteiger partial charge is 0.451 e. The topological polar surface area (TPSA) is 97.3 Å². The second kappa shape index (κ2) is 9.27. The van der Waals surface area contributed by atoms with E-state index in [0.717, 1.165) is 11.1 Å². The number of rotatable bonds is 7. The van der Waals surface area contributed by atoms with Crippen LogP contribution >= 0.6 is 0 Å². The number of methoxy groups -OCH3 is 1. The Labute approximate surface area is 158 Å². The van der Waals surface area contributed by atoms with Crippen LogP contribution in [0.2, 0.25) is 0 Å². The molecular formula is C19H25N3O5. The molecule has 0 radical (unpaired) electrons. The highest BCUT2D eigenvalue weighted by atomic mass is 16.5. The molecule has 2 rings (SSSR count). The van der Waals surface area contributed by atoms with E-state index in [2.05, 4.69) is 10.4 Å². The Hall–Kier alpha value is -2.74. The monoisotopic (exact) mass is 375 g/mol. The summed E-state index contributed by atoms with van der Waals surface area (Å²) in [6.07, 6.45) is 0.332. The molecular weight excluding hydrogens is 350 g/mol. The molecule has 0 unspecified atom stereocenters. The Morgan fingerprint density at radius 2 is 2.04 bits per heavy atom. The second-order valence-electron chi connectivity index (χ2n) is 6.54. The molecule has 8 heteroatoms. The van der Waals surface area contributed by atoms with E-state index in [9.17, 15) is 14.4 Å². The zero-order valence-electron chi connectivity index (χ0n) is 16.1. The van der Waals surface area contributed by atoms with Crippen LogP contribution in [0.1, 0.15) is 30.9 Å². The van der Waals surface area contributed by atoms with Crippen molar-refractivity contribution >= 4 is 29.2 Å². The van der Waals surface area contributed by atoms with Crippen LogP contribution in [0, 0.1) is 13.8 Å². The van der Waals surface area contributed by atoms with Crippen molar-refractivity contribution in [3.8, 4) is 0 Å². The lowest BCUT2D eigenvalue weighted by Crippen LogP contribution is -2.40. The predicted molar refractivity (Wildman–Crippen MR) is 101 cm³/mol. The highest BCUT2D eigenvalue weighted by Gasteiger charge is 2.27. The van der Waals surface area contributed by atoms with Gasteiger partial charge in [0.05, 0.1) is 12.3 Å². The third kappa shape index (κ3) is 5.62. The van der Waals surface area contributed by atoms with Gasteiger partial charge in [0, 0.05) is 26.0 Å². The minimum Gasteiger partial charge on any atom is -0.451 e. The molecule has 1 aliphatic heterocycles. The van der Waals surface area contributed by atoms with Gasteiger partial charge in [-0.1, -0.05) is 12.1 Å². The van der Waals surface area contributed by atoms with Gasteiger partial charge in [-0.15, -0.1) is 0 Å². The minimum absolute atomic E-state index is 0.119. The summed E-state index contributed by atoms with van der Waals surface area (Å²) in [7, 11) is 1.53. The molecule has 0 spiro atoms. The van der Waals surface area contributed by atoms with Crippen molar-refractivity contribution in [3.63, 3.8) is 0 Å². The highest BCUT2D eigenvalue weighted by molar-refractivity contribution is 6.38. The second-order valence-corrected chi connectivity index (χ2v) is 6.54. The molecule has 0 aromatic heterocycles. The standard InChI is InChI=1S/C19H25N3O5/c1-12-5-6-13(2)16(9-12)22-18(24)8-7-15(21-22)19(25)27-11-17(23)20-14(3)10-26-4/h5-6,9,14H,7-8,10-11H2,1-4H3,(H,20,23)/t14-/m1/s1. The molecule has 1 aromatic rings. The summed E-state index contributed by atoms with van der Waals surface area (Å²) in [5.74, 6) is -1.31. The van der Waals surface area contributed by atoms with Gasteiger partial charge in [0.25, 0.3) is 5.91 Å². The van der Waals surface area contributed by atoms with E-state index in [1.807, 2.05) is 32.0 Å². The summed E-state index contributed by atoms with van der Waals surface area (Å²) in [4.78, 5) is 36.3. The summed E-state index contributed by atoms with van der Waals surface area (Å²) < 4.78 is 9.96. The normalized spacial score (nSPS) is 15.2. The van der Waals surface area contributed by atoms with Gasteiger partial charge in [0.1, 0.15) is 5.71 Å². The summed E-state index contributed by atoms with van der Waals surface area (Å²) in [5.41, 5.74) is 2.61. The maximum absolute atomic E-state index is 12.3. The molecule has 0 fully saturated rings. The number of benzene rings is 1. The number of anilines is 1. The van der Waals surface area contributed by atoms with Crippen molar-refractivity contribution in [2.24, 2.45) is 5.10 Å². The number of hydrazone groups is 1. The van der Waals surface area contributed by atoms with Crippen molar-refractivity contribution in [1.29, 1.82) is 0 Å². The molecule has 2 amide bonds. The maximum Gasteiger partial charge on any atom is 0.355 e. The van der Waals surface area contributed by atoms with E-state index in [0.29, 0.717) is 12.3 Å². The third-order valence-electron chi connectivity index (χ3n) is 4.02. The zero-order valence-corrected chi connectivity index (χ0v) is 16.1. The van der Waals surface area contributed by atoms with Crippen molar-refractivity contribution in [2.75, 3.05) is 25.3 Å². The van der Waals surface area contributed by atoms with E-state index in [1.54, 1.807) is 6.92 Å². The van der Waals surface area contributed by atoms with E-state index < -0.39 is 18.5 Å².